The first-order chi connectivity index (χ1) is 11.0. The van der Waals surface area contributed by atoms with Crippen molar-refractivity contribution in [3.63, 3.8) is 0 Å². The normalized spacial score (nSPS) is 16.4. The predicted molar refractivity (Wildman–Crippen MR) is 79.4 cm³/mol. The molecule has 1 aliphatic rings. The Hall–Kier alpha value is -2.35. The van der Waals surface area contributed by atoms with E-state index >= 15 is 0 Å². The third kappa shape index (κ3) is 2.39. The minimum absolute atomic E-state index is 0.295. The topological polar surface area (TPSA) is 54.2 Å². The highest BCUT2D eigenvalue weighted by atomic mass is 19.4. The van der Waals surface area contributed by atoms with E-state index < -0.39 is 11.7 Å². The van der Waals surface area contributed by atoms with Crippen LogP contribution in [0.25, 0.3) is 21.8 Å². The molecule has 1 saturated heterocycles. The lowest BCUT2D eigenvalue weighted by atomic mass is 10.1. The molecule has 1 fully saturated rings. The number of hydrogen-bond acceptors (Lipinski definition) is 5. The van der Waals surface area contributed by atoms with Crippen molar-refractivity contribution < 1.29 is 17.7 Å². The second-order valence-electron chi connectivity index (χ2n) is 5.48. The van der Waals surface area contributed by atoms with Gasteiger partial charge in [0.05, 0.1) is 16.5 Å². The second-order valence-corrected chi connectivity index (χ2v) is 5.48. The van der Waals surface area contributed by atoms with Gasteiger partial charge in [0.1, 0.15) is 6.26 Å². The highest BCUT2D eigenvalue weighted by Gasteiger charge is 2.31. The van der Waals surface area contributed by atoms with Crippen LogP contribution in [0, 0.1) is 0 Å². The molecule has 1 aromatic carbocycles. The van der Waals surface area contributed by atoms with Crippen molar-refractivity contribution >= 4 is 27.6 Å². The Bertz CT molecular complexity index is 868. The molecule has 5 nitrogen and oxygen atoms in total. The Labute approximate surface area is 129 Å². The lowest BCUT2D eigenvalue weighted by Gasteiger charge is -2.28. The van der Waals surface area contributed by atoms with Crippen LogP contribution in [0.1, 0.15) is 5.56 Å². The van der Waals surface area contributed by atoms with Crippen molar-refractivity contribution in [2.24, 2.45) is 0 Å². The molecule has 0 amide bonds. The van der Waals surface area contributed by atoms with E-state index in [0.29, 0.717) is 27.6 Å². The fourth-order valence-electron chi connectivity index (χ4n) is 2.88. The molecular formula is C15H13F3N4O. The van der Waals surface area contributed by atoms with Crippen molar-refractivity contribution in [1.29, 1.82) is 0 Å². The largest absolute Gasteiger partial charge is 0.416 e. The van der Waals surface area contributed by atoms with E-state index in [9.17, 15) is 13.2 Å². The van der Waals surface area contributed by atoms with Gasteiger partial charge in [-0.1, -0.05) is 11.2 Å². The van der Waals surface area contributed by atoms with E-state index in [4.69, 9.17) is 4.52 Å². The van der Waals surface area contributed by atoms with Gasteiger partial charge in [-0.3, -0.25) is 0 Å². The van der Waals surface area contributed by atoms with E-state index in [2.05, 4.69) is 15.5 Å². The molecule has 0 bridgehead atoms. The number of alkyl halides is 3. The average Bonchev–Trinajstić information content (AvgIpc) is 3.03. The Morgan fingerprint density at radius 2 is 1.91 bits per heavy atom. The maximum absolute atomic E-state index is 12.9. The van der Waals surface area contributed by atoms with Gasteiger partial charge in [-0.25, -0.2) is 4.98 Å². The molecule has 8 heteroatoms. The van der Waals surface area contributed by atoms with Crippen LogP contribution in [0.4, 0.5) is 19.0 Å². The van der Waals surface area contributed by atoms with E-state index in [1.165, 1.54) is 12.3 Å². The first-order valence-electron chi connectivity index (χ1n) is 7.25. The molecule has 1 aliphatic heterocycles. The monoisotopic (exact) mass is 322 g/mol. The van der Waals surface area contributed by atoms with Gasteiger partial charge in [0.25, 0.3) is 0 Å². The number of benzene rings is 1. The van der Waals surface area contributed by atoms with Crippen LogP contribution in [0.2, 0.25) is 0 Å². The number of fused-ring (bicyclic) bond motifs is 3. The fourth-order valence-corrected chi connectivity index (χ4v) is 2.88. The maximum atomic E-state index is 12.9. The summed E-state index contributed by atoms with van der Waals surface area (Å²) in [5.41, 5.74) is 0.169. The van der Waals surface area contributed by atoms with Gasteiger partial charge in [-0.2, -0.15) is 13.2 Å². The van der Waals surface area contributed by atoms with Gasteiger partial charge in [-0.15, -0.1) is 0 Å². The number of rotatable bonds is 1. The van der Waals surface area contributed by atoms with E-state index in [1.807, 2.05) is 4.90 Å². The van der Waals surface area contributed by atoms with E-state index in [1.54, 1.807) is 0 Å². The van der Waals surface area contributed by atoms with Gasteiger partial charge in [-0.05, 0) is 12.1 Å². The summed E-state index contributed by atoms with van der Waals surface area (Å²) in [6, 6.07) is 3.56. The number of anilines is 1. The molecular weight excluding hydrogens is 309 g/mol. The SMILES string of the molecule is FC(F)(F)c1ccc2c(c1)nc(N1CCNCC1)c1nocc12. The van der Waals surface area contributed by atoms with Gasteiger partial charge < -0.3 is 14.7 Å². The smallest absolute Gasteiger partial charge is 0.363 e. The number of aromatic nitrogens is 2. The fraction of sp³-hybridized carbons (Fsp3) is 0.333. The van der Waals surface area contributed by atoms with Crippen molar-refractivity contribution in [1.82, 2.24) is 15.5 Å². The minimum Gasteiger partial charge on any atom is -0.363 e. The second kappa shape index (κ2) is 5.09. The van der Waals surface area contributed by atoms with Crippen molar-refractivity contribution in [2.45, 2.75) is 6.18 Å². The van der Waals surface area contributed by atoms with Gasteiger partial charge >= 0.3 is 6.18 Å². The Morgan fingerprint density at radius 1 is 1.13 bits per heavy atom. The quantitative estimate of drug-likeness (QED) is 0.747. The highest BCUT2D eigenvalue weighted by Crippen LogP contribution is 2.35. The molecule has 0 atom stereocenters. The molecule has 3 aromatic rings. The molecule has 120 valence electrons. The van der Waals surface area contributed by atoms with Crippen LogP contribution >= 0.6 is 0 Å². The standard InChI is InChI=1S/C15H13F3N4O/c16-15(17,18)9-1-2-10-11-8-23-21-13(11)14(20-12(10)7-9)22-5-3-19-4-6-22/h1-2,7-8,19H,3-6H2. The van der Waals surface area contributed by atoms with E-state index in [0.717, 1.165) is 38.3 Å². The predicted octanol–water partition coefficient (Wildman–Crippen LogP) is 2.80. The zero-order chi connectivity index (χ0) is 16.0. The Kier molecular flexibility index (Phi) is 3.15. The Balaban J connectivity index is 1.95. The van der Waals surface area contributed by atoms with Crippen LogP contribution in [-0.2, 0) is 6.18 Å². The summed E-state index contributed by atoms with van der Waals surface area (Å²) in [6.07, 6.45) is -2.94. The molecule has 0 radical (unpaired) electrons. The first kappa shape index (κ1) is 14.3. The lowest BCUT2D eigenvalue weighted by molar-refractivity contribution is -0.137. The van der Waals surface area contributed by atoms with Crippen molar-refractivity contribution in [3.05, 3.63) is 30.0 Å². The molecule has 1 N–H and O–H groups in total. The minimum atomic E-state index is -4.39. The number of halogens is 3. The highest BCUT2D eigenvalue weighted by molar-refractivity contribution is 6.08. The molecule has 2 aromatic heterocycles. The van der Waals surface area contributed by atoms with Crippen LogP contribution in [0.5, 0.6) is 0 Å². The molecule has 0 aliphatic carbocycles. The van der Waals surface area contributed by atoms with Crippen LogP contribution < -0.4 is 10.2 Å². The molecule has 4 rings (SSSR count). The number of nitrogens with one attached hydrogen (secondary N) is 1. The molecule has 0 unspecified atom stereocenters. The number of piperazine rings is 1. The molecule has 0 saturated carbocycles. The van der Waals surface area contributed by atoms with Crippen LogP contribution in [0.15, 0.2) is 29.0 Å². The Morgan fingerprint density at radius 3 is 2.65 bits per heavy atom. The maximum Gasteiger partial charge on any atom is 0.416 e. The number of pyridine rings is 1. The summed E-state index contributed by atoms with van der Waals surface area (Å²) in [5, 5.41) is 8.51. The van der Waals surface area contributed by atoms with Gasteiger partial charge in [0.15, 0.2) is 11.3 Å². The first-order valence-corrected chi connectivity index (χ1v) is 7.25. The zero-order valence-corrected chi connectivity index (χ0v) is 12.0. The molecule has 3 heterocycles. The summed E-state index contributed by atoms with van der Waals surface area (Å²) in [5.74, 6) is 0.571. The van der Waals surface area contributed by atoms with Crippen LogP contribution in [0.3, 0.4) is 0 Å². The average molecular weight is 322 g/mol. The van der Waals surface area contributed by atoms with Crippen molar-refractivity contribution in [2.75, 3.05) is 31.1 Å². The van der Waals surface area contributed by atoms with Gasteiger partial charge in [0, 0.05) is 31.6 Å². The molecule has 0 spiro atoms. The number of hydrogen-bond donors (Lipinski definition) is 1. The summed E-state index contributed by atoms with van der Waals surface area (Å²) < 4.78 is 43.9. The van der Waals surface area contributed by atoms with Gasteiger partial charge in [0.2, 0.25) is 0 Å². The molecule has 23 heavy (non-hydrogen) atoms. The summed E-state index contributed by atoms with van der Waals surface area (Å²) in [4.78, 5) is 6.46. The summed E-state index contributed by atoms with van der Waals surface area (Å²) >= 11 is 0. The van der Waals surface area contributed by atoms with E-state index in [-0.39, 0.29) is 0 Å². The van der Waals surface area contributed by atoms with Crippen molar-refractivity contribution in [3.8, 4) is 0 Å². The zero-order valence-electron chi connectivity index (χ0n) is 12.0. The third-order valence-electron chi connectivity index (χ3n) is 4.04. The number of nitrogens with zero attached hydrogens (tertiary/aromatic N) is 3. The summed E-state index contributed by atoms with van der Waals surface area (Å²) in [7, 11) is 0. The van der Waals surface area contributed by atoms with Crippen LogP contribution in [-0.4, -0.2) is 36.3 Å². The lowest BCUT2D eigenvalue weighted by Crippen LogP contribution is -2.44. The third-order valence-corrected chi connectivity index (χ3v) is 4.04. The summed E-state index contributed by atoms with van der Waals surface area (Å²) in [6.45, 7) is 3.03.